The highest BCUT2D eigenvalue weighted by atomic mass is 19.1. The quantitative estimate of drug-likeness (QED) is 0.484. The molecule has 7 heteroatoms. The minimum Gasteiger partial charge on any atom is -0.490 e. The Hall–Kier alpha value is -3.06. The average Bonchev–Trinajstić information content (AvgIpc) is 3.19. The maximum absolute atomic E-state index is 13.8. The second kappa shape index (κ2) is 9.66. The number of benzene rings is 2. The van der Waals surface area contributed by atoms with E-state index in [2.05, 4.69) is 9.88 Å². The van der Waals surface area contributed by atoms with Gasteiger partial charge >= 0.3 is 0 Å². The maximum atomic E-state index is 13.8. The van der Waals surface area contributed by atoms with Gasteiger partial charge in [0, 0.05) is 40.3 Å². The van der Waals surface area contributed by atoms with Crippen molar-refractivity contribution in [1.29, 1.82) is 0 Å². The van der Waals surface area contributed by atoms with E-state index in [0.717, 1.165) is 41.4 Å². The number of aromatic nitrogens is 1. The number of hydrogen-bond acceptors (Lipinski definition) is 4. The number of primary amides is 1. The molecule has 5 rings (SSSR count). The molecule has 1 atom stereocenters. The number of hydrogen-bond donors (Lipinski definition) is 2. The first kappa shape index (κ1) is 22.7. The summed E-state index contributed by atoms with van der Waals surface area (Å²) in [5.74, 6) is 0.677. The van der Waals surface area contributed by atoms with Crippen LogP contribution in [0.2, 0.25) is 0 Å². The number of nitrogens with zero attached hydrogens (tertiary/aromatic N) is 1. The van der Waals surface area contributed by atoms with E-state index in [9.17, 15) is 9.18 Å². The predicted molar refractivity (Wildman–Crippen MR) is 130 cm³/mol. The number of nitrogens with one attached hydrogen (secondary N) is 1. The highest BCUT2D eigenvalue weighted by Crippen LogP contribution is 2.39. The van der Waals surface area contributed by atoms with Gasteiger partial charge in [0.25, 0.3) is 0 Å². The topological polar surface area (TPSA) is 80.6 Å². The zero-order valence-electron chi connectivity index (χ0n) is 19.6. The molecular weight excluding hydrogens is 433 g/mol. The van der Waals surface area contributed by atoms with E-state index in [1.807, 2.05) is 13.1 Å². The standard InChI is InChI=1S/C27H32FN3O3/c1-2-33-25-11-9-21(27(29)32)23-14-20(16-34-26(23)25)31(19-6-3-7-19)12-4-5-17-15-30-24-10-8-18(28)13-22(17)24/h8-11,13,15,19-20,30H,2-7,12,14,16H2,1H3,(H2,29,32)/t20-/m1/s1. The van der Waals surface area contributed by atoms with Gasteiger partial charge in [0.15, 0.2) is 11.5 Å². The first-order valence-electron chi connectivity index (χ1n) is 12.3. The van der Waals surface area contributed by atoms with Crippen LogP contribution in [0.15, 0.2) is 36.5 Å². The van der Waals surface area contributed by atoms with E-state index >= 15 is 0 Å². The largest absolute Gasteiger partial charge is 0.490 e. The molecular formula is C27H32FN3O3. The first-order valence-corrected chi connectivity index (χ1v) is 12.3. The Morgan fingerprint density at radius 2 is 2.12 bits per heavy atom. The number of H-pyrrole nitrogens is 1. The molecule has 3 N–H and O–H groups in total. The minimum absolute atomic E-state index is 0.174. The van der Waals surface area contributed by atoms with Crippen molar-refractivity contribution in [2.75, 3.05) is 19.8 Å². The summed E-state index contributed by atoms with van der Waals surface area (Å²) < 4.78 is 25.7. The van der Waals surface area contributed by atoms with Crippen LogP contribution in [0.1, 0.15) is 54.1 Å². The molecule has 1 aliphatic carbocycles. The van der Waals surface area contributed by atoms with Gasteiger partial charge < -0.3 is 20.2 Å². The van der Waals surface area contributed by atoms with Crippen LogP contribution in [0, 0.1) is 5.82 Å². The van der Waals surface area contributed by atoms with Gasteiger partial charge in [0.05, 0.1) is 6.61 Å². The summed E-state index contributed by atoms with van der Waals surface area (Å²) in [7, 11) is 0. The van der Waals surface area contributed by atoms with Crippen molar-refractivity contribution in [2.45, 2.75) is 57.5 Å². The van der Waals surface area contributed by atoms with Crippen molar-refractivity contribution in [1.82, 2.24) is 9.88 Å². The van der Waals surface area contributed by atoms with E-state index in [4.69, 9.17) is 15.2 Å². The van der Waals surface area contributed by atoms with Crippen molar-refractivity contribution in [3.63, 3.8) is 0 Å². The van der Waals surface area contributed by atoms with Crippen LogP contribution in [-0.4, -0.2) is 47.6 Å². The summed E-state index contributed by atoms with van der Waals surface area (Å²) in [6.45, 7) is 3.94. The SMILES string of the molecule is CCOc1ccc(C(N)=O)c2c1OC[C@H](N(CCCc1c[nH]c3ccc(F)cc13)C1CCC1)C2. The Morgan fingerprint density at radius 1 is 1.26 bits per heavy atom. The normalized spacial score (nSPS) is 17.9. The number of carbonyl (C=O) groups excluding carboxylic acids is 1. The highest BCUT2D eigenvalue weighted by Gasteiger charge is 2.35. The highest BCUT2D eigenvalue weighted by molar-refractivity contribution is 5.95. The van der Waals surface area contributed by atoms with Crippen molar-refractivity contribution in [2.24, 2.45) is 5.73 Å². The monoisotopic (exact) mass is 465 g/mol. The molecule has 34 heavy (non-hydrogen) atoms. The predicted octanol–water partition coefficient (Wildman–Crippen LogP) is 4.60. The summed E-state index contributed by atoms with van der Waals surface area (Å²) in [6.07, 6.45) is 8.15. The molecule has 1 aromatic heterocycles. The second-order valence-corrected chi connectivity index (χ2v) is 9.32. The van der Waals surface area contributed by atoms with Crippen LogP contribution in [-0.2, 0) is 12.8 Å². The maximum Gasteiger partial charge on any atom is 0.249 e. The third-order valence-electron chi connectivity index (χ3n) is 7.25. The fourth-order valence-corrected chi connectivity index (χ4v) is 5.35. The number of amides is 1. The van der Waals surface area contributed by atoms with Crippen LogP contribution in [0.25, 0.3) is 10.9 Å². The number of rotatable bonds is 9. The lowest BCUT2D eigenvalue weighted by Crippen LogP contribution is -2.51. The van der Waals surface area contributed by atoms with E-state index in [1.165, 1.54) is 25.3 Å². The Balaban J connectivity index is 1.33. The number of ether oxygens (including phenoxy) is 2. The first-order chi connectivity index (χ1) is 16.5. The zero-order chi connectivity index (χ0) is 23.7. The molecule has 180 valence electrons. The molecule has 6 nitrogen and oxygen atoms in total. The lowest BCUT2D eigenvalue weighted by molar-refractivity contribution is 0.0424. The van der Waals surface area contributed by atoms with Crippen molar-refractivity contribution in [3.8, 4) is 11.5 Å². The second-order valence-electron chi connectivity index (χ2n) is 9.32. The van der Waals surface area contributed by atoms with Gasteiger partial charge in [-0.15, -0.1) is 0 Å². The van der Waals surface area contributed by atoms with E-state index in [0.29, 0.717) is 42.7 Å². The Labute approximate surface area is 199 Å². The Bertz CT molecular complexity index is 1190. The van der Waals surface area contributed by atoms with Crippen LogP contribution < -0.4 is 15.2 Å². The summed E-state index contributed by atoms with van der Waals surface area (Å²) in [4.78, 5) is 17.9. The van der Waals surface area contributed by atoms with Crippen LogP contribution in [0.5, 0.6) is 11.5 Å². The molecule has 2 aliphatic rings. The number of carbonyl (C=O) groups is 1. The molecule has 2 aromatic carbocycles. The Kier molecular flexibility index (Phi) is 6.46. The third-order valence-corrected chi connectivity index (χ3v) is 7.25. The lowest BCUT2D eigenvalue weighted by Gasteiger charge is -2.44. The molecule has 3 aromatic rings. The van der Waals surface area contributed by atoms with E-state index in [1.54, 1.807) is 24.3 Å². The molecule has 0 unspecified atom stereocenters. The zero-order valence-corrected chi connectivity index (χ0v) is 19.6. The minimum atomic E-state index is -0.440. The van der Waals surface area contributed by atoms with E-state index in [-0.39, 0.29) is 11.9 Å². The molecule has 1 amide bonds. The summed E-state index contributed by atoms with van der Waals surface area (Å²) in [5.41, 5.74) is 9.17. The Morgan fingerprint density at radius 3 is 2.85 bits per heavy atom. The third kappa shape index (κ3) is 4.37. The van der Waals surface area contributed by atoms with E-state index < -0.39 is 5.91 Å². The smallest absolute Gasteiger partial charge is 0.249 e. The fraction of sp³-hybridized carbons (Fsp3) is 0.444. The van der Waals surface area contributed by atoms with Gasteiger partial charge in [-0.3, -0.25) is 9.69 Å². The molecule has 0 spiro atoms. The number of aryl methyl sites for hydroxylation is 1. The molecule has 2 heterocycles. The van der Waals surface area contributed by atoms with Gasteiger partial charge in [-0.1, -0.05) is 6.42 Å². The summed E-state index contributed by atoms with van der Waals surface area (Å²) >= 11 is 0. The van der Waals surface area contributed by atoms with Gasteiger partial charge in [-0.2, -0.15) is 0 Å². The van der Waals surface area contributed by atoms with Crippen LogP contribution in [0.3, 0.4) is 0 Å². The fourth-order valence-electron chi connectivity index (χ4n) is 5.35. The van der Waals surface area contributed by atoms with Gasteiger partial charge in [0.1, 0.15) is 12.4 Å². The van der Waals surface area contributed by atoms with Crippen molar-refractivity contribution in [3.05, 3.63) is 59.0 Å². The van der Waals surface area contributed by atoms with Crippen molar-refractivity contribution >= 4 is 16.8 Å². The van der Waals surface area contributed by atoms with Gasteiger partial charge in [-0.25, -0.2) is 4.39 Å². The number of nitrogens with two attached hydrogens (primary N) is 1. The molecule has 0 radical (unpaired) electrons. The van der Waals surface area contributed by atoms with Crippen molar-refractivity contribution < 1.29 is 18.7 Å². The molecule has 0 saturated heterocycles. The summed E-state index contributed by atoms with van der Waals surface area (Å²) in [6, 6.07) is 9.12. The molecule has 1 fully saturated rings. The number of aromatic amines is 1. The lowest BCUT2D eigenvalue weighted by atomic mass is 9.87. The molecule has 0 bridgehead atoms. The average molecular weight is 466 g/mol. The van der Waals surface area contributed by atoms with Gasteiger partial charge in [0.2, 0.25) is 5.91 Å². The van der Waals surface area contributed by atoms with Crippen LogP contribution >= 0.6 is 0 Å². The number of fused-ring (bicyclic) bond motifs is 2. The summed E-state index contributed by atoms with van der Waals surface area (Å²) in [5, 5.41) is 0.958. The van der Waals surface area contributed by atoms with Gasteiger partial charge in [-0.05, 0) is 81.5 Å². The van der Waals surface area contributed by atoms with Crippen LogP contribution in [0.4, 0.5) is 4.39 Å². The number of halogens is 1. The molecule has 1 saturated carbocycles. The molecule has 1 aliphatic heterocycles.